The molecule has 4 N–H and O–H groups in total. The summed E-state index contributed by atoms with van der Waals surface area (Å²) in [5, 5.41) is 2.61. The van der Waals surface area contributed by atoms with E-state index in [0.717, 1.165) is 12.8 Å². The molecule has 1 fully saturated rings. The van der Waals surface area contributed by atoms with Crippen molar-refractivity contribution in [2.24, 2.45) is 5.73 Å². The Morgan fingerprint density at radius 2 is 1.47 bits per heavy atom. The first-order chi connectivity index (χ1) is 16.0. The van der Waals surface area contributed by atoms with E-state index in [2.05, 4.69) is 5.32 Å². The van der Waals surface area contributed by atoms with E-state index in [4.69, 9.17) is 5.73 Å². The third kappa shape index (κ3) is 6.85. The summed E-state index contributed by atoms with van der Waals surface area (Å²) < 4.78 is 93.1. The van der Waals surface area contributed by atoms with Gasteiger partial charge in [0.05, 0.1) is 0 Å². The Kier molecular flexibility index (Phi) is 10.2. The van der Waals surface area contributed by atoms with Gasteiger partial charge in [0.15, 0.2) is 28.2 Å². The maximum absolute atomic E-state index is 13.8. The molecule has 2 amide bonds. The fraction of sp³-hybridized carbons (Fsp3) is 0.600. The van der Waals surface area contributed by atoms with E-state index in [-0.39, 0.29) is 18.7 Å². The van der Waals surface area contributed by atoms with Crippen molar-refractivity contribution in [1.82, 2.24) is 14.9 Å². The van der Waals surface area contributed by atoms with Crippen molar-refractivity contribution in [2.75, 3.05) is 26.2 Å². The van der Waals surface area contributed by atoms with Gasteiger partial charge >= 0.3 is 0 Å². The van der Waals surface area contributed by atoms with Crippen molar-refractivity contribution in [1.29, 1.82) is 0 Å². The molecule has 1 aliphatic heterocycles. The Hall–Kier alpha value is -2.32. The van der Waals surface area contributed by atoms with E-state index in [0.29, 0.717) is 38.9 Å². The minimum Gasteiger partial charge on any atom is -0.344 e. The molecule has 192 valence electrons. The SMILES string of the molecule is NCCCC[C@H](NC(=O)CCCNS(=O)(=O)c1c(F)c(F)c(F)c(F)c1F)C(=O)N1CCCC1. The maximum atomic E-state index is 13.8. The van der Waals surface area contributed by atoms with Crippen LogP contribution in [0.1, 0.15) is 44.9 Å². The summed E-state index contributed by atoms with van der Waals surface area (Å²) in [6, 6.07) is -0.762. The van der Waals surface area contributed by atoms with E-state index in [1.807, 2.05) is 0 Å². The summed E-state index contributed by atoms with van der Waals surface area (Å²) >= 11 is 0. The number of unbranched alkanes of at least 4 members (excludes halogenated alkanes) is 1. The van der Waals surface area contributed by atoms with Gasteiger partial charge in [0.1, 0.15) is 6.04 Å². The van der Waals surface area contributed by atoms with Gasteiger partial charge in [-0.25, -0.2) is 35.1 Å². The average Bonchev–Trinajstić information content (AvgIpc) is 3.33. The highest BCUT2D eigenvalue weighted by molar-refractivity contribution is 7.89. The van der Waals surface area contributed by atoms with Crippen molar-refractivity contribution in [3.05, 3.63) is 29.1 Å². The number of nitrogens with one attached hydrogen (secondary N) is 2. The number of carbonyl (C=O) groups excluding carboxylic acids is 2. The lowest BCUT2D eigenvalue weighted by Gasteiger charge is -2.24. The van der Waals surface area contributed by atoms with Crippen molar-refractivity contribution in [3.8, 4) is 0 Å². The second-order valence-electron chi connectivity index (χ2n) is 7.84. The molecule has 0 aliphatic carbocycles. The smallest absolute Gasteiger partial charge is 0.246 e. The lowest BCUT2D eigenvalue weighted by Crippen LogP contribution is -2.47. The molecule has 1 aliphatic rings. The Bertz CT molecular complexity index is 974. The van der Waals surface area contributed by atoms with Gasteiger partial charge in [-0.05, 0) is 45.1 Å². The summed E-state index contributed by atoms with van der Waals surface area (Å²) in [7, 11) is -5.09. The highest BCUT2D eigenvalue weighted by Crippen LogP contribution is 2.26. The van der Waals surface area contributed by atoms with E-state index >= 15 is 0 Å². The number of nitrogens with two attached hydrogens (primary N) is 1. The number of likely N-dealkylation sites (tertiary alicyclic amines) is 1. The number of carbonyl (C=O) groups is 2. The van der Waals surface area contributed by atoms with Crippen molar-refractivity contribution < 1.29 is 40.0 Å². The Labute approximate surface area is 194 Å². The second kappa shape index (κ2) is 12.4. The monoisotopic (exact) mass is 514 g/mol. The average molecular weight is 515 g/mol. The van der Waals surface area contributed by atoms with E-state index in [1.54, 1.807) is 9.62 Å². The molecule has 2 rings (SSSR count). The molecule has 0 radical (unpaired) electrons. The zero-order valence-electron chi connectivity index (χ0n) is 18.3. The van der Waals surface area contributed by atoms with Gasteiger partial charge in [0, 0.05) is 26.1 Å². The number of halogens is 5. The predicted molar refractivity (Wildman–Crippen MR) is 111 cm³/mol. The molecule has 0 spiro atoms. The number of amides is 2. The van der Waals surface area contributed by atoms with E-state index < -0.39 is 62.5 Å². The van der Waals surface area contributed by atoms with Crippen molar-refractivity contribution >= 4 is 21.8 Å². The highest BCUT2D eigenvalue weighted by atomic mass is 32.2. The third-order valence-electron chi connectivity index (χ3n) is 5.31. The van der Waals surface area contributed by atoms with Crippen LogP contribution in [0.2, 0.25) is 0 Å². The van der Waals surface area contributed by atoms with Crippen LogP contribution in [0.5, 0.6) is 0 Å². The zero-order chi connectivity index (χ0) is 25.5. The van der Waals surface area contributed by atoms with Crippen LogP contribution >= 0.6 is 0 Å². The number of rotatable bonds is 12. The second-order valence-corrected chi connectivity index (χ2v) is 9.54. The van der Waals surface area contributed by atoms with Crippen molar-refractivity contribution in [2.45, 2.75) is 55.9 Å². The fourth-order valence-electron chi connectivity index (χ4n) is 3.52. The molecule has 34 heavy (non-hydrogen) atoms. The summed E-state index contributed by atoms with van der Waals surface area (Å²) in [5.41, 5.74) is 5.47. The summed E-state index contributed by atoms with van der Waals surface area (Å²) in [6.45, 7) is 1.11. The number of benzene rings is 1. The quantitative estimate of drug-likeness (QED) is 0.170. The summed E-state index contributed by atoms with van der Waals surface area (Å²) in [4.78, 5) is 24.6. The highest BCUT2D eigenvalue weighted by Gasteiger charge is 2.33. The van der Waals surface area contributed by atoms with Crippen LogP contribution in [0.4, 0.5) is 22.0 Å². The molecule has 1 saturated heterocycles. The van der Waals surface area contributed by atoms with Gasteiger partial charge in [-0.2, -0.15) is 0 Å². The van der Waals surface area contributed by atoms with E-state index in [1.165, 1.54) is 0 Å². The van der Waals surface area contributed by atoms with Gasteiger partial charge in [0.25, 0.3) is 0 Å². The van der Waals surface area contributed by atoms with Crippen LogP contribution in [0, 0.1) is 29.1 Å². The summed E-state index contributed by atoms with van der Waals surface area (Å²) in [6.07, 6.45) is 3.00. The number of nitrogens with zero attached hydrogens (tertiary/aromatic N) is 1. The van der Waals surface area contributed by atoms with Crippen LogP contribution in [0.15, 0.2) is 4.90 Å². The lowest BCUT2D eigenvalue weighted by atomic mass is 10.1. The molecule has 0 bridgehead atoms. The fourth-order valence-corrected chi connectivity index (χ4v) is 4.73. The van der Waals surface area contributed by atoms with Gasteiger partial charge in [-0.1, -0.05) is 0 Å². The molecule has 1 aromatic rings. The Morgan fingerprint density at radius 1 is 0.912 bits per heavy atom. The van der Waals surface area contributed by atoms with E-state index in [9.17, 15) is 40.0 Å². The molecule has 1 heterocycles. The molecule has 1 aromatic carbocycles. The molecule has 8 nitrogen and oxygen atoms in total. The predicted octanol–water partition coefficient (Wildman–Crippen LogP) is 1.68. The molecule has 0 saturated carbocycles. The molecular weight excluding hydrogens is 487 g/mol. The number of hydrogen-bond donors (Lipinski definition) is 3. The zero-order valence-corrected chi connectivity index (χ0v) is 19.1. The molecule has 14 heteroatoms. The van der Waals surface area contributed by atoms with Gasteiger partial charge in [-0.15, -0.1) is 0 Å². The van der Waals surface area contributed by atoms with Gasteiger partial charge in [0.2, 0.25) is 27.7 Å². The van der Waals surface area contributed by atoms with Gasteiger partial charge < -0.3 is 16.0 Å². The summed E-state index contributed by atoms with van der Waals surface area (Å²) in [5.74, 6) is -13.0. The van der Waals surface area contributed by atoms with Crippen molar-refractivity contribution in [3.63, 3.8) is 0 Å². The molecule has 1 atom stereocenters. The van der Waals surface area contributed by atoms with Crippen LogP contribution < -0.4 is 15.8 Å². The Morgan fingerprint density at radius 3 is 2.03 bits per heavy atom. The lowest BCUT2D eigenvalue weighted by molar-refractivity contribution is -0.135. The Balaban J connectivity index is 1.94. The van der Waals surface area contributed by atoms with Gasteiger partial charge in [-0.3, -0.25) is 9.59 Å². The standard InChI is InChI=1S/C20H27F5N4O4S/c21-14-15(22)17(24)19(18(25)16(14)23)34(32,33)27-9-5-7-13(30)28-12(6-1-2-8-26)20(31)29-10-3-4-11-29/h12,27H,1-11,26H2,(H,28,30)/t12-/m0/s1. The number of hydrogen-bond acceptors (Lipinski definition) is 5. The minimum absolute atomic E-state index is 0.159. The normalized spacial score (nSPS) is 14.9. The molecule has 0 unspecified atom stereocenters. The molecule has 0 aromatic heterocycles. The first-order valence-corrected chi connectivity index (χ1v) is 12.3. The molecular formula is C20H27F5N4O4S. The third-order valence-corrected chi connectivity index (χ3v) is 6.79. The largest absolute Gasteiger partial charge is 0.344 e. The van der Waals surface area contributed by atoms with Crippen LogP contribution in [0.3, 0.4) is 0 Å². The maximum Gasteiger partial charge on any atom is 0.246 e. The van der Waals surface area contributed by atoms with Crippen LogP contribution in [0.25, 0.3) is 0 Å². The topological polar surface area (TPSA) is 122 Å². The minimum atomic E-state index is -5.09. The first-order valence-electron chi connectivity index (χ1n) is 10.8. The van der Waals surface area contributed by atoms with Crippen LogP contribution in [-0.4, -0.2) is 57.4 Å². The van der Waals surface area contributed by atoms with Crippen LogP contribution in [-0.2, 0) is 19.6 Å². The first kappa shape index (κ1) is 27.9. The number of sulfonamides is 1.